The van der Waals surface area contributed by atoms with Gasteiger partial charge in [-0.25, -0.2) is 0 Å². The van der Waals surface area contributed by atoms with Crippen LogP contribution >= 0.6 is 0 Å². The van der Waals surface area contributed by atoms with Crippen molar-refractivity contribution in [2.24, 2.45) is 0 Å². The van der Waals surface area contributed by atoms with Crippen LogP contribution in [0.15, 0.2) is 49.4 Å². The van der Waals surface area contributed by atoms with Gasteiger partial charge in [0.25, 0.3) is 0 Å². The molecule has 0 fully saturated rings. The molecule has 0 saturated carbocycles. The molecule has 0 radical (unpaired) electrons. The third-order valence-electron chi connectivity index (χ3n) is 0. The van der Waals surface area contributed by atoms with Gasteiger partial charge in [-0.05, 0) is 0 Å². The fourth-order valence-electron chi connectivity index (χ4n) is 0. The van der Waals surface area contributed by atoms with Gasteiger partial charge < -0.3 is 20.4 Å². The van der Waals surface area contributed by atoms with Crippen molar-refractivity contribution >= 4 is 0 Å². The Morgan fingerprint density at radius 2 is 0.500 bits per heavy atom. The maximum absolute atomic E-state index is 9.33. The van der Waals surface area contributed by atoms with Crippen molar-refractivity contribution in [3.05, 3.63) is 49.4 Å². The minimum Gasteiger partial charge on any atom is -0.876 e. The van der Waals surface area contributed by atoms with Gasteiger partial charge in [-0.15, -0.1) is 49.4 Å². The van der Waals surface area contributed by atoms with Crippen LogP contribution in [0.3, 0.4) is 0 Å². The van der Waals surface area contributed by atoms with Gasteiger partial charge >= 0.3 is 39.0 Å². The second-order valence-corrected chi connectivity index (χ2v) is 2.81. The summed E-state index contributed by atoms with van der Waals surface area (Å²) >= 11 is 0. The first-order chi connectivity index (χ1) is 6.93. The van der Waals surface area contributed by atoms with Crippen LogP contribution in [0.25, 0.3) is 0 Å². The average Bonchev–Trinajstić information content (AvgIpc) is 1.76. The summed E-state index contributed by atoms with van der Waals surface area (Å²) in [6.07, 6.45) is 0. The number of hydrogen-bond acceptors (Lipinski definition) is 4. The topological polar surface area (TPSA) is 92.2 Å². The van der Waals surface area contributed by atoms with E-state index in [9.17, 15) is 20.4 Å². The van der Waals surface area contributed by atoms with E-state index >= 15 is 0 Å². The maximum atomic E-state index is 9.33. The minimum atomic E-state index is -0.0833. The molecule has 0 amide bonds. The summed E-state index contributed by atoms with van der Waals surface area (Å²) in [5.41, 5.74) is 0. The SMILES string of the molecule is C=C(C)[O-].C=C(C)[O-].C=C(C)[O-].C=C(C)[O-].[Zn+2].[Zn+2]. The molecule has 0 unspecified atom stereocenters. The van der Waals surface area contributed by atoms with Crippen LogP contribution < -0.4 is 20.4 Å². The van der Waals surface area contributed by atoms with E-state index in [1.165, 1.54) is 27.7 Å². The molecule has 0 saturated heterocycles. The standard InChI is InChI=1S/4C3H6O.2Zn/c4*1-3(2)4;;/h4*4H,1H2,2H3;;/q;;;;2*+2/p-4. The Morgan fingerprint density at radius 3 is 0.500 bits per heavy atom. The molecule has 0 bridgehead atoms. The molecule has 0 aliphatic heterocycles. The Morgan fingerprint density at radius 1 is 0.500 bits per heavy atom. The molecule has 0 aromatic heterocycles. The summed E-state index contributed by atoms with van der Waals surface area (Å²) in [6, 6.07) is 0. The number of hydrogen-bond donors (Lipinski definition) is 0. The van der Waals surface area contributed by atoms with Crippen molar-refractivity contribution in [1.82, 2.24) is 0 Å². The Labute approximate surface area is 136 Å². The van der Waals surface area contributed by atoms with E-state index in [-0.39, 0.29) is 62.0 Å². The molecule has 6 heteroatoms. The molecule has 0 atom stereocenters. The summed E-state index contributed by atoms with van der Waals surface area (Å²) in [7, 11) is 0. The van der Waals surface area contributed by atoms with E-state index in [2.05, 4.69) is 26.3 Å². The Balaban J connectivity index is -0.0000000257. The summed E-state index contributed by atoms with van der Waals surface area (Å²) in [5.74, 6) is -0.333. The van der Waals surface area contributed by atoms with Crippen LogP contribution in [-0.2, 0) is 39.0 Å². The van der Waals surface area contributed by atoms with Gasteiger partial charge in [0.2, 0.25) is 0 Å². The molecule has 0 rings (SSSR count). The zero-order valence-electron chi connectivity index (χ0n) is 11.9. The summed E-state index contributed by atoms with van der Waals surface area (Å²) in [4.78, 5) is 0. The van der Waals surface area contributed by atoms with E-state index in [0.29, 0.717) is 0 Å². The smallest absolute Gasteiger partial charge is 0.876 e. The van der Waals surface area contributed by atoms with Crippen molar-refractivity contribution in [2.45, 2.75) is 27.7 Å². The van der Waals surface area contributed by atoms with Gasteiger partial charge in [-0.2, -0.15) is 0 Å². The van der Waals surface area contributed by atoms with Crippen molar-refractivity contribution in [2.75, 3.05) is 0 Å². The Kier molecular flexibility index (Phi) is 59.9. The van der Waals surface area contributed by atoms with Gasteiger partial charge in [0, 0.05) is 0 Å². The molecular formula is C12H20O4Zn2. The van der Waals surface area contributed by atoms with Gasteiger partial charge in [0.1, 0.15) is 0 Å². The molecule has 96 valence electrons. The predicted molar refractivity (Wildman–Crippen MR) is 59.3 cm³/mol. The van der Waals surface area contributed by atoms with E-state index in [0.717, 1.165) is 0 Å². The van der Waals surface area contributed by atoms with Crippen LogP contribution in [0.4, 0.5) is 0 Å². The van der Waals surface area contributed by atoms with Gasteiger partial charge in [0.15, 0.2) is 0 Å². The quantitative estimate of drug-likeness (QED) is 0.431. The molecule has 0 heterocycles. The first-order valence-electron chi connectivity index (χ1n) is 4.23. The number of allylic oxidation sites excluding steroid dienone is 4. The fourth-order valence-corrected chi connectivity index (χ4v) is 0. The summed E-state index contributed by atoms with van der Waals surface area (Å²) in [6.45, 7) is 17.7. The first kappa shape index (κ1) is 36.0. The molecule has 0 aromatic rings. The van der Waals surface area contributed by atoms with Crippen LogP contribution in [-0.4, -0.2) is 0 Å². The summed E-state index contributed by atoms with van der Waals surface area (Å²) < 4.78 is 0. The average molecular weight is 359 g/mol. The zero-order chi connectivity index (χ0) is 14.3. The van der Waals surface area contributed by atoms with E-state index in [4.69, 9.17) is 0 Å². The van der Waals surface area contributed by atoms with Crippen LogP contribution in [0.2, 0.25) is 0 Å². The van der Waals surface area contributed by atoms with Crippen LogP contribution in [0.5, 0.6) is 0 Å². The maximum Gasteiger partial charge on any atom is 2.00 e. The van der Waals surface area contributed by atoms with Gasteiger partial charge in [-0.1, -0.05) is 27.7 Å². The molecule has 0 aliphatic rings. The third-order valence-corrected chi connectivity index (χ3v) is 0. The molecular weight excluding hydrogens is 339 g/mol. The largest absolute Gasteiger partial charge is 2.00 e. The Bertz CT molecular complexity index is 162. The van der Waals surface area contributed by atoms with Crippen molar-refractivity contribution in [3.63, 3.8) is 0 Å². The molecule has 4 nitrogen and oxygen atoms in total. The van der Waals surface area contributed by atoms with Crippen molar-refractivity contribution < 1.29 is 59.4 Å². The zero-order valence-corrected chi connectivity index (χ0v) is 17.8. The second-order valence-electron chi connectivity index (χ2n) is 2.81. The second kappa shape index (κ2) is 29.9. The molecule has 0 aliphatic carbocycles. The molecule has 0 N–H and O–H groups in total. The van der Waals surface area contributed by atoms with Gasteiger partial charge in [0.05, 0.1) is 0 Å². The van der Waals surface area contributed by atoms with Crippen molar-refractivity contribution in [3.8, 4) is 0 Å². The van der Waals surface area contributed by atoms with Crippen LogP contribution in [0, 0.1) is 0 Å². The fraction of sp³-hybridized carbons (Fsp3) is 0.333. The van der Waals surface area contributed by atoms with E-state index in [1.807, 2.05) is 0 Å². The van der Waals surface area contributed by atoms with E-state index in [1.54, 1.807) is 0 Å². The molecule has 18 heavy (non-hydrogen) atoms. The van der Waals surface area contributed by atoms with E-state index < -0.39 is 0 Å². The van der Waals surface area contributed by atoms with Crippen molar-refractivity contribution in [1.29, 1.82) is 0 Å². The van der Waals surface area contributed by atoms with Gasteiger partial charge in [-0.3, -0.25) is 0 Å². The Hall–Kier alpha value is -0.593. The normalized spacial score (nSPS) is 5.56. The third kappa shape index (κ3) is 9090. The van der Waals surface area contributed by atoms with Crippen LogP contribution in [0.1, 0.15) is 27.7 Å². The number of rotatable bonds is 0. The minimum absolute atomic E-state index is 0. The molecule has 0 spiro atoms. The monoisotopic (exact) mass is 356 g/mol. The summed E-state index contributed by atoms with van der Waals surface area (Å²) in [5, 5.41) is 37.3. The predicted octanol–water partition coefficient (Wildman–Crippen LogP) is -0.484. The molecule has 0 aromatic carbocycles. The first-order valence-corrected chi connectivity index (χ1v) is 4.23.